The Labute approximate surface area is 149 Å². The number of carbonyl (C=O) groups excluding carboxylic acids is 1. The molecule has 1 amide bonds. The zero-order chi connectivity index (χ0) is 18.3. The molecule has 2 fully saturated rings. The molecule has 1 N–H and O–H groups in total. The summed E-state index contributed by atoms with van der Waals surface area (Å²) in [4.78, 5) is 26.2. The second-order valence-electron chi connectivity index (χ2n) is 6.84. The van der Waals surface area contributed by atoms with Gasteiger partial charge in [0.15, 0.2) is 5.76 Å². The minimum absolute atomic E-state index is 0.143. The van der Waals surface area contributed by atoms with Gasteiger partial charge in [-0.2, -0.15) is 0 Å². The van der Waals surface area contributed by atoms with E-state index in [9.17, 15) is 19.1 Å². The van der Waals surface area contributed by atoms with E-state index in [1.807, 2.05) is 0 Å². The maximum absolute atomic E-state index is 13.0. The number of aliphatic carboxylic acids is 1. The molecule has 136 valence electrons. The van der Waals surface area contributed by atoms with E-state index >= 15 is 0 Å². The molecule has 2 aliphatic rings. The molecule has 6 nitrogen and oxygen atoms in total. The number of carboxylic acids is 1. The first-order valence-electron chi connectivity index (χ1n) is 8.46. The highest BCUT2D eigenvalue weighted by atomic mass is 19.1. The topological polar surface area (TPSA) is 80.0 Å². The number of carboxylic acid groups (broad SMARTS) is 1. The van der Waals surface area contributed by atoms with Crippen molar-refractivity contribution in [2.45, 2.75) is 6.42 Å². The molecule has 2 atom stereocenters. The molecular weight excluding hydrogens is 341 g/mol. The summed E-state index contributed by atoms with van der Waals surface area (Å²) in [5.41, 5.74) is -0.281. The van der Waals surface area contributed by atoms with E-state index in [2.05, 4.69) is 0 Å². The summed E-state index contributed by atoms with van der Waals surface area (Å²) >= 11 is 0. The van der Waals surface area contributed by atoms with E-state index in [1.165, 1.54) is 17.0 Å². The summed E-state index contributed by atoms with van der Waals surface area (Å²) in [6.07, 6.45) is 0.399. The van der Waals surface area contributed by atoms with Crippen LogP contribution in [0.25, 0.3) is 11.3 Å². The van der Waals surface area contributed by atoms with Crippen LogP contribution in [0.3, 0.4) is 0 Å². The van der Waals surface area contributed by atoms with Crippen molar-refractivity contribution < 1.29 is 28.2 Å². The van der Waals surface area contributed by atoms with Gasteiger partial charge in [0.2, 0.25) is 0 Å². The second kappa shape index (κ2) is 6.25. The lowest BCUT2D eigenvalue weighted by molar-refractivity contribution is -0.157. The van der Waals surface area contributed by atoms with Gasteiger partial charge in [-0.1, -0.05) is 0 Å². The van der Waals surface area contributed by atoms with Crippen LogP contribution in [0.1, 0.15) is 17.0 Å². The fraction of sp³-hybridized carbons (Fsp3) is 0.368. The van der Waals surface area contributed by atoms with Crippen molar-refractivity contribution in [2.24, 2.45) is 11.3 Å². The van der Waals surface area contributed by atoms with Crippen LogP contribution in [-0.2, 0) is 9.53 Å². The standard InChI is InChI=1S/C19H18FNO5/c20-14-3-1-12(2-4-14)15-5-6-16(26-15)17(22)21-9-13-10-25-8-7-19(13,11-21)18(23)24/h1-6,13H,7-11H2,(H,23,24)/t13-,19+/m0/s1. The first-order chi connectivity index (χ1) is 12.5. The predicted octanol–water partition coefficient (Wildman–Crippen LogP) is 2.65. The third kappa shape index (κ3) is 2.68. The van der Waals surface area contributed by atoms with Crippen molar-refractivity contribution in [3.05, 3.63) is 48.0 Å². The summed E-state index contributed by atoms with van der Waals surface area (Å²) in [6.45, 7) is 1.22. The monoisotopic (exact) mass is 359 g/mol. The van der Waals surface area contributed by atoms with Gasteiger partial charge < -0.3 is 19.2 Å². The summed E-state index contributed by atoms with van der Waals surface area (Å²) < 4.78 is 24.1. The second-order valence-corrected chi connectivity index (χ2v) is 6.84. The third-order valence-electron chi connectivity index (χ3n) is 5.37. The Morgan fingerprint density at radius 3 is 2.65 bits per heavy atom. The van der Waals surface area contributed by atoms with Crippen LogP contribution in [0.2, 0.25) is 0 Å². The van der Waals surface area contributed by atoms with Gasteiger partial charge >= 0.3 is 5.97 Å². The van der Waals surface area contributed by atoms with Gasteiger partial charge in [-0.25, -0.2) is 4.39 Å². The van der Waals surface area contributed by atoms with E-state index in [4.69, 9.17) is 9.15 Å². The number of rotatable bonds is 3. The molecule has 26 heavy (non-hydrogen) atoms. The molecule has 1 aromatic carbocycles. The zero-order valence-corrected chi connectivity index (χ0v) is 14.0. The molecule has 0 spiro atoms. The Balaban J connectivity index is 1.55. The number of fused-ring (bicyclic) bond motifs is 1. The largest absolute Gasteiger partial charge is 0.481 e. The van der Waals surface area contributed by atoms with Gasteiger partial charge in [0, 0.05) is 31.2 Å². The predicted molar refractivity (Wildman–Crippen MR) is 89.0 cm³/mol. The highest BCUT2D eigenvalue weighted by Gasteiger charge is 2.55. The molecule has 0 radical (unpaired) electrons. The third-order valence-corrected chi connectivity index (χ3v) is 5.37. The van der Waals surface area contributed by atoms with Crippen molar-refractivity contribution in [1.29, 1.82) is 0 Å². The fourth-order valence-corrected chi connectivity index (χ4v) is 3.83. The van der Waals surface area contributed by atoms with Crippen LogP contribution in [0.4, 0.5) is 4.39 Å². The van der Waals surface area contributed by atoms with Gasteiger partial charge in [0.05, 0.1) is 12.0 Å². The number of halogens is 1. The van der Waals surface area contributed by atoms with Gasteiger partial charge in [-0.15, -0.1) is 0 Å². The van der Waals surface area contributed by atoms with Crippen LogP contribution in [0.15, 0.2) is 40.8 Å². The molecule has 0 saturated carbocycles. The number of hydrogen-bond acceptors (Lipinski definition) is 4. The van der Waals surface area contributed by atoms with Crippen molar-refractivity contribution in [1.82, 2.24) is 4.90 Å². The maximum atomic E-state index is 13.0. The first-order valence-corrected chi connectivity index (χ1v) is 8.46. The van der Waals surface area contributed by atoms with Gasteiger partial charge in [-0.05, 0) is 42.8 Å². The molecule has 0 unspecified atom stereocenters. The van der Waals surface area contributed by atoms with Crippen LogP contribution >= 0.6 is 0 Å². The molecular formula is C19H18FNO5. The average molecular weight is 359 g/mol. The SMILES string of the molecule is O=C(c1ccc(-c2ccc(F)cc2)o1)N1C[C@H]2COCC[C@@]2(C(=O)O)C1. The van der Waals surface area contributed by atoms with Crippen LogP contribution in [0.5, 0.6) is 0 Å². The molecule has 0 aliphatic carbocycles. The Morgan fingerprint density at radius 1 is 1.19 bits per heavy atom. The highest BCUT2D eigenvalue weighted by molar-refractivity contribution is 5.93. The van der Waals surface area contributed by atoms with E-state index in [0.717, 1.165) is 0 Å². The highest BCUT2D eigenvalue weighted by Crippen LogP contribution is 2.43. The number of furan rings is 1. The van der Waals surface area contributed by atoms with E-state index in [-0.39, 0.29) is 29.9 Å². The van der Waals surface area contributed by atoms with Crippen molar-refractivity contribution >= 4 is 11.9 Å². The Hall–Kier alpha value is -2.67. The van der Waals surface area contributed by atoms with Crippen molar-refractivity contribution in [2.75, 3.05) is 26.3 Å². The van der Waals surface area contributed by atoms with Crippen LogP contribution < -0.4 is 0 Å². The van der Waals surface area contributed by atoms with Crippen LogP contribution in [-0.4, -0.2) is 48.2 Å². The minimum Gasteiger partial charge on any atom is -0.481 e. The minimum atomic E-state index is -0.944. The average Bonchev–Trinajstić information content (AvgIpc) is 3.27. The van der Waals surface area contributed by atoms with E-state index in [1.54, 1.807) is 24.3 Å². The Morgan fingerprint density at radius 2 is 1.96 bits per heavy atom. The lowest BCUT2D eigenvalue weighted by Crippen LogP contribution is -2.45. The molecule has 2 aromatic rings. The first kappa shape index (κ1) is 16.8. The summed E-state index contributed by atoms with van der Waals surface area (Å²) in [5.74, 6) is -1.19. The zero-order valence-electron chi connectivity index (χ0n) is 14.0. The maximum Gasteiger partial charge on any atom is 0.311 e. The van der Waals surface area contributed by atoms with Gasteiger partial charge in [0.25, 0.3) is 5.91 Å². The molecule has 2 saturated heterocycles. The Bertz CT molecular complexity index is 846. The Kier molecular flexibility index (Phi) is 4.03. The number of hydrogen-bond donors (Lipinski definition) is 1. The normalized spacial score (nSPS) is 25.1. The summed E-state index contributed by atoms with van der Waals surface area (Å²) in [7, 11) is 0. The number of carbonyl (C=O) groups is 2. The summed E-state index contributed by atoms with van der Waals surface area (Å²) in [5, 5.41) is 9.70. The molecule has 2 aliphatic heterocycles. The number of likely N-dealkylation sites (tertiary alicyclic amines) is 1. The number of nitrogens with zero attached hydrogens (tertiary/aromatic N) is 1. The molecule has 0 bridgehead atoms. The van der Waals surface area contributed by atoms with Gasteiger partial charge in [-0.3, -0.25) is 9.59 Å². The lowest BCUT2D eigenvalue weighted by Gasteiger charge is -2.33. The smallest absolute Gasteiger partial charge is 0.311 e. The molecule has 7 heteroatoms. The number of amides is 1. The molecule has 1 aromatic heterocycles. The fourth-order valence-electron chi connectivity index (χ4n) is 3.83. The van der Waals surface area contributed by atoms with E-state index in [0.29, 0.717) is 37.5 Å². The van der Waals surface area contributed by atoms with Crippen LogP contribution in [0, 0.1) is 17.2 Å². The van der Waals surface area contributed by atoms with Crippen molar-refractivity contribution in [3.8, 4) is 11.3 Å². The summed E-state index contributed by atoms with van der Waals surface area (Å²) in [6, 6.07) is 9.00. The lowest BCUT2D eigenvalue weighted by atomic mass is 9.74. The molecule has 4 rings (SSSR count). The van der Waals surface area contributed by atoms with E-state index < -0.39 is 11.4 Å². The number of benzene rings is 1. The van der Waals surface area contributed by atoms with Crippen molar-refractivity contribution in [3.63, 3.8) is 0 Å². The number of ether oxygens (including phenoxy) is 1. The molecule has 3 heterocycles. The van der Waals surface area contributed by atoms with Gasteiger partial charge in [0.1, 0.15) is 11.6 Å². The quantitative estimate of drug-likeness (QED) is 0.911.